The highest BCUT2D eigenvalue weighted by Gasteiger charge is 2.31. The molecule has 6 nitrogen and oxygen atoms in total. The van der Waals surface area contributed by atoms with Crippen LogP contribution in [0.15, 0.2) is 18.2 Å². The number of ether oxygens (including phenoxy) is 2. The maximum atomic E-state index is 13.9. The summed E-state index contributed by atoms with van der Waals surface area (Å²) >= 11 is 5.88. The Kier molecular flexibility index (Phi) is 11.5. The maximum Gasteiger partial charge on any atom is 0.411 e. The second kappa shape index (κ2) is 13.0. The molecule has 1 aromatic heterocycles. The van der Waals surface area contributed by atoms with Crippen LogP contribution in [0.2, 0.25) is 5.02 Å². The highest BCUT2D eigenvalue weighted by molar-refractivity contribution is 7.92. The average Bonchev–Trinajstić information content (AvgIpc) is 3.04. The maximum absolute atomic E-state index is 13.9. The fourth-order valence-electron chi connectivity index (χ4n) is 3.23. The van der Waals surface area contributed by atoms with E-state index in [0.717, 1.165) is 0 Å². The zero-order chi connectivity index (χ0) is 24.6. The first-order valence-corrected chi connectivity index (χ1v) is 11.5. The lowest BCUT2D eigenvalue weighted by molar-refractivity contribution is 0.0548. The fraction of sp³-hybridized carbons (Fsp3) is 0.545. The lowest BCUT2D eigenvalue weighted by Gasteiger charge is -2.31. The van der Waals surface area contributed by atoms with Gasteiger partial charge in [-0.2, -0.15) is 0 Å². The summed E-state index contributed by atoms with van der Waals surface area (Å²) in [5.74, 6) is -0.480. The van der Waals surface area contributed by atoms with Gasteiger partial charge in [0.05, 0.1) is 23.0 Å². The van der Waals surface area contributed by atoms with Crippen molar-refractivity contribution in [3.63, 3.8) is 0 Å². The van der Waals surface area contributed by atoms with E-state index in [0.29, 0.717) is 17.0 Å². The number of halogens is 3. The highest BCUT2D eigenvalue weighted by atomic mass is 35.5. The molecule has 0 aliphatic rings. The second-order valence-electron chi connectivity index (χ2n) is 7.33. The van der Waals surface area contributed by atoms with Crippen LogP contribution in [0, 0.1) is 12.7 Å². The Morgan fingerprint density at radius 1 is 1.25 bits per heavy atom. The van der Waals surface area contributed by atoms with Gasteiger partial charge in [0.2, 0.25) is 0 Å². The lowest BCUT2D eigenvalue weighted by Crippen LogP contribution is -2.43. The van der Waals surface area contributed by atoms with Crippen molar-refractivity contribution in [2.24, 2.45) is 0 Å². The smallest absolute Gasteiger partial charge is 0.411 e. The number of hydrogen-bond acceptors (Lipinski definition) is 5. The minimum Gasteiger partial charge on any atom is -0.433 e. The summed E-state index contributed by atoms with van der Waals surface area (Å²) < 4.78 is 39.8. The Balaban J connectivity index is 0.00000249. The topological polar surface area (TPSA) is 56.6 Å². The first-order valence-electron chi connectivity index (χ1n) is 10.4. The van der Waals surface area contributed by atoms with E-state index in [1.54, 1.807) is 11.8 Å². The monoisotopic (exact) mass is 491 g/mol. The van der Waals surface area contributed by atoms with Crippen LogP contribution in [-0.2, 0) is 16.1 Å². The summed E-state index contributed by atoms with van der Waals surface area (Å²) in [5, 5.41) is -0.141. The summed E-state index contributed by atoms with van der Waals surface area (Å²) in [6, 6.07) is 3.69. The van der Waals surface area contributed by atoms with Gasteiger partial charge in [-0.3, -0.25) is 0 Å². The molecule has 0 saturated carbocycles. The fourth-order valence-corrected chi connectivity index (χ4v) is 3.90. The predicted octanol–water partition coefficient (Wildman–Crippen LogP) is 6.88. The summed E-state index contributed by atoms with van der Waals surface area (Å²) in [7, 11) is 1.49. The molecule has 1 heterocycles. The third-order valence-electron chi connectivity index (χ3n) is 4.53. The van der Waals surface area contributed by atoms with Crippen molar-refractivity contribution in [2.45, 2.75) is 73.3 Å². The standard InChI is InChI=1S/C20H26ClF2N3O3S.C2H6/c1-11(2)25(12(3)4)20(27)29-18(14-7-8-16(22)15(21)9-14)19-24-13(5)17(10-28-6)26(19)30-23;1-2/h7-9,11-12,18H,10H2,1-6H3;1-2H3. The van der Waals surface area contributed by atoms with Gasteiger partial charge >= 0.3 is 6.09 Å². The third kappa shape index (κ3) is 6.59. The van der Waals surface area contributed by atoms with Crippen LogP contribution in [0.25, 0.3) is 0 Å². The SMILES string of the molecule is CC.COCc1c(C)nc(C(OC(=O)N(C(C)C)C(C)C)c2ccc(F)c(Cl)c2)n1SF. The number of rotatable bonds is 8. The number of imidazole rings is 1. The number of hydrogen-bond donors (Lipinski definition) is 0. The van der Waals surface area contributed by atoms with Crippen molar-refractivity contribution >= 4 is 30.0 Å². The zero-order valence-electron chi connectivity index (χ0n) is 19.8. The molecule has 0 radical (unpaired) electrons. The first-order chi connectivity index (χ1) is 15.1. The molecule has 0 spiro atoms. The minimum atomic E-state index is -1.11. The Labute approximate surface area is 198 Å². The summed E-state index contributed by atoms with van der Waals surface area (Å²) in [4.78, 5) is 19.0. The van der Waals surface area contributed by atoms with Crippen LogP contribution in [0.5, 0.6) is 0 Å². The summed E-state index contributed by atoms with van der Waals surface area (Å²) in [6.45, 7) is 13.3. The van der Waals surface area contributed by atoms with Crippen LogP contribution in [0.4, 0.5) is 13.1 Å². The number of nitrogens with zero attached hydrogens (tertiary/aromatic N) is 3. The molecule has 0 N–H and O–H groups in total. The Morgan fingerprint density at radius 3 is 2.31 bits per heavy atom. The van der Waals surface area contributed by atoms with Gasteiger partial charge in [-0.25, -0.2) is 18.1 Å². The number of methoxy groups -OCH3 is 1. The van der Waals surface area contributed by atoms with E-state index < -0.39 is 18.0 Å². The molecule has 1 amide bonds. The number of carbonyl (C=O) groups excluding carboxylic acids is 1. The predicted molar refractivity (Wildman–Crippen MR) is 125 cm³/mol. The van der Waals surface area contributed by atoms with Crippen molar-refractivity contribution in [3.8, 4) is 0 Å². The molecule has 1 unspecified atom stereocenters. The molecule has 1 atom stereocenters. The molecular formula is C22H32ClF2N3O3S. The van der Waals surface area contributed by atoms with Crippen molar-refractivity contribution in [3.05, 3.63) is 51.8 Å². The number of aromatic nitrogens is 2. The van der Waals surface area contributed by atoms with Gasteiger partial charge in [0.15, 0.2) is 24.3 Å². The largest absolute Gasteiger partial charge is 0.433 e. The number of benzene rings is 1. The average molecular weight is 492 g/mol. The molecule has 0 saturated heterocycles. The van der Waals surface area contributed by atoms with Gasteiger partial charge < -0.3 is 14.4 Å². The number of amides is 1. The van der Waals surface area contributed by atoms with Crippen molar-refractivity contribution < 1.29 is 22.5 Å². The van der Waals surface area contributed by atoms with Gasteiger partial charge in [-0.05, 0) is 46.8 Å². The lowest BCUT2D eigenvalue weighted by atomic mass is 10.1. The van der Waals surface area contributed by atoms with Gasteiger partial charge in [-0.1, -0.05) is 31.5 Å². The molecule has 1 aromatic carbocycles. The van der Waals surface area contributed by atoms with E-state index in [2.05, 4.69) is 4.98 Å². The van der Waals surface area contributed by atoms with Crippen LogP contribution < -0.4 is 0 Å². The molecule has 180 valence electrons. The third-order valence-corrected chi connectivity index (χ3v) is 5.36. The van der Waals surface area contributed by atoms with Crippen LogP contribution in [0.3, 0.4) is 0 Å². The normalized spacial score (nSPS) is 11.9. The van der Waals surface area contributed by atoms with E-state index in [1.165, 1.54) is 29.3 Å². The summed E-state index contributed by atoms with van der Waals surface area (Å²) in [6.07, 6.45) is -1.71. The minimum absolute atomic E-state index is 0.0765. The molecule has 0 fully saturated rings. The van der Waals surface area contributed by atoms with Crippen LogP contribution >= 0.6 is 23.9 Å². The number of carbonyl (C=O) groups is 1. The second-order valence-corrected chi connectivity index (χ2v) is 8.24. The van der Waals surface area contributed by atoms with Crippen molar-refractivity contribution in [2.75, 3.05) is 7.11 Å². The van der Waals surface area contributed by atoms with E-state index in [1.807, 2.05) is 41.5 Å². The van der Waals surface area contributed by atoms with E-state index in [4.69, 9.17) is 21.1 Å². The zero-order valence-corrected chi connectivity index (χ0v) is 21.4. The molecule has 32 heavy (non-hydrogen) atoms. The van der Waals surface area contributed by atoms with Crippen molar-refractivity contribution in [1.29, 1.82) is 0 Å². The Hall–Kier alpha value is -1.84. The van der Waals surface area contributed by atoms with E-state index in [-0.39, 0.29) is 41.9 Å². The van der Waals surface area contributed by atoms with E-state index >= 15 is 0 Å². The molecular weight excluding hydrogens is 460 g/mol. The van der Waals surface area contributed by atoms with Crippen molar-refractivity contribution in [1.82, 2.24) is 13.9 Å². The van der Waals surface area contributed by atoms with Gasteiger partial charge in [0.1, 0.15) is 5.82 Å². The van der Waals surface area contributed by atoms with Gasteiger partial charge in [0, 0.05) is 24.8 Å². The molecule has 2 aromatic rings. The molecule has 10 heteroatoms. The molecule has 0 bridgehead atoms. The molecule has 0 aliphatic carbocycles. The first kappa shape index (κ1) is 28.2. The molecule has 0 aliphatic heterocycles. The Morgan fingerprint density at radius 2 is 1.84 bits per heavy atom. The highest BCUT2D eigenvalue weighted by Crippen LogP contribution is 2.33. The Bertz CT molecular complexity index is 886. The molecule has 2 rings (SSSR count). The van der Waals surface area contributed by atoms with E-state index in [9.17, 15) is 13.1 Å². The number of aryl methyl sites for hydroxylation is 1. The van der Waals surface area contributed by atoms with Gasteiger partial charge in [0.25, 0.3) is 0 Å². The summed E-state index contributed by atoms with van der Waals surface area (Å²) in [5.41, 5.74) is 1.38. The van der Waals surface area contributed by atoms with Crippen LogP contribution in [-0.4, -0.2) is 39.1 Å². The van der Waals surface area contributed by atoms with Gasteiger partial charge in [-0.15, -0.1) is 3.89 Å². The van der Waals surface area contributed by atoms with Crippen LogP contribution in [0.1, 0.15) is 70.4 Å². The quantitative estimate of drug-likeness (QED) is 0.402.